The molecule has 5 heteroatoms. The van der Waals surface area contributed by atoms with Crippen molar-refractivity contribution in [3.8, 4) is 0 Å². The third-order valence-electron chi connectivity index (χ3n) is 3.63. The lowest BCUT2D eigenvalue weighted by atomic mass is 9.95. The van der Waals surface area contributed by atoms with Crippen molar-refractivity contribution in [2.45, 2.75) is 33.1 Å². The van der Waals surface area contributed by atoms with Crippen LogP contribution in [0, 0.1) is 5.92 Å². The van der Waals surface area contributed by atoms with E-state index in [9.17, 15) is 4.79 Å². The zero-order valence-corrected chi connectivity index (χ0v) is 13.0. The second kappa shape index (κ2) is 11.1. The third-order valence-corrected chi connectivity index (χ3v) is 3.63. The van der Waals surface area contributed by atoms with Crippen molar-refractivity contribution in [2.75, 3.05) is 52.6 Å². The van der Waals surface area contributed by atoms with Gasteiger partial charge in [-0.25, -0.2) is 0 Å². The van der Waals surface area contributed by atoms with E-state index in [4.69, 9.17) is 9.47 Å². The van der Waals surface area contributed by atoms with Crippen LogP contribution in [-0.2, 0) is 14.3 Å². The van der Waals surface area contributed by atoms with E-state index in [2.05, 4.69) is 5.32 Å². The highest BCUT2D eigenvalue weighted by molar-refractivity contribution is 5.76. The van der Waals surface area contributed by atoms with Gasteiger partial charge in [-0.15, -0.1) is 0 Å². The van der Waals surface area contributed by atoms with Crippen LogP contribution in [0.2, 0.25) is 0 Å². The first-order chi connectivity index (χ1) is 9.77. The third kappa shape index (κ3) is 7.22. The predicted molar refractivity (Wildman–Crippen MR) is 79.8 cm³/mol. The van der Waals surface area contributed by atoms with Gasteiger partial charge in [0.15, 0.2) is 0 Å². The van der Waals surface area contributed by atoms with Crippen molar-refractivity contribution >= 4 is 5.91 Å². The highest BCUT2D eigenvalue weighted by Crippen LogP contribution is 2.15. The molecule has 0 aromatic rings. The molecule has 0 radical (unpaired) electrons. The summed E-state index contributed by atoms with van der Waals surface area (Å²) in [7, 11) is 0. The monoisotopic (exact) mass is 286 g/mol. The van der Waals surface area contributed by atoms with Gasteiger partial charge in [0.2, 0.25) is 5.91 Å². The van der Waals surface area contributed by atoms with Gasteiger partial charge in [-0.1, -0.05) is 0 Å². The molecule has 1 aliphatic rings. The Morgan fingerprint density at radius 2 is 1.85 bits per heavy atom. The van der Waals surface area contributed by atoms with Crippen LogP contribution in [0.1, 0.15) is 33.1 Å². The van der Waals surface area contributed by atoms with Crippen LogP contribution >= 0.6 is 0 Å². The molecule has 1 rings (SSSR count). The molecule has 1 unspecified atom stereocenters. The van der Waals surface area contributed by atoms with Gasteiger partial charge >= 0.3 is 0 Å². The number of amides is 1. The van der Waals surface area contributed by atoms with Gasteiger partial charge in [-0.05, 0) is 45.7 Å². The lowest BCUT2D eigenvalue weighted by Crippen LogP contribution is -2.40. The molecule has 0 aromatic heterocycles. The summed E-state index contributed by atoms with van der Waals surface area (Å²) in [6.45, 7) is 9.94. The second-order valence-corrected chi connectivity index (χ2v) is 5.19. The summed E-state index contributed by atoms with van der Waals surface area (Å²) in [5.41, 5.74) is 0. The van der Waals surface area contributed by atoms with E-state index in [0.29, 0.717) is 51.9 Å². The zero-order chi connectivity index (χ0) is 14.6. The molecular formula is C15H30N2O3. The number of rotatable bonds is 10. The average molecular weight is 286 g/mol. The maximum Gasteiger partial charge on any atom is 0.223 e. The molecule has 1 aliphatic heterocycles. The van der Waals surface area contributed by atoms with E-state index in [1.165, 1.54) is 6.42 Å². The molecule has 1 atom stereocenters. The Morgan fingerprint density at radius 1 is 1.20 bits per heavy atom. The number of hydrogen-bond donors (Lipinski definition) is 1. The van der Waals surface area contributed by atoms with Crippen LogP contribution in [0.25, 0.3) is 0 Å². The first-order valence-electron chi connectivity index (χ1n) is 7.91. The van der Waals surface area contributed by atoms with E-state index >= 15 is 0 Å². The highest BCUT2D eigenvalue weighted by atomic mass is 16.5. The summed E-state index contributed by atoms with van der Waals surface area (Å²) in [5, 5.41) is 3.36. The van der Waals surface area contributed by atoms with Crippen molar-refractivity contribution in [3.63, 3.8) is 0 Å². The summed E-state index contributed by atoms with van der Waals surface area (Å²) >= 11 is 0. The Hall–Kier alpha value is -0.650. The van der Waals surface area contributed by atoms with E-state index in [1.807, 2.05) is 18.7 Å². The largest absolute Gasteiger partial charge is 0.380 e. The Balaban J connectivity index is 2.35. The van der Waals surface area contributed by atoms with Gasteiger partial charge in [-0.2, -0.15) is 0 Å². The fraction of sp³-hybridized carbons (Fsp3) is 0.933. The molecule has 118 valence electrons. The van der Waals surface area contributed by atoms with Gasteiger partial charge in [0, 0.05) is 32.7 Å². The molecule has 0 aromatic carbocycles. The lowest BCUT2D eigenvalue weighted by molar-refractivity contribution is -0.133. The normalized spacial score (nSPS) is 19.0. The first kappa shape index (κ1) is 17.4. The molecule has 20 heavy (non-hydrogen) atoms. The molecule has 1 amide bonds. The standard InChI is InChI=1S/C15H30N2O3/c1-3-19-10-8-17(9-11-20-4-2)15(18)12-14-6-5-7-16-13-14/h14,16H,3-13H2,1-2H3. The van der Waals surface area contributed by atoms with Crippen molar-refractivity contribution in [1.29, 1.82) is 0 Å². The van der Waals surface area contributed by atoms with E-state index in [1.54, 1.807) is 0 Å². The number of hydrogen-bond acceptors (Lipinski definition) is 4. The number of piperidine rings is 1. The smallest absolute Gasteiger partial charge is 0.223 e. The number of ether oxygens (including phenoxy) is 2. The maximum atomic E-state index is 12.4. The van der Waals surface area contributed by atoms with Crippen LogP contribution in [0.4, 0.5) is 0 Å². The van der Waals surface area contributed by atoms with Gasteiger partial charge in [-0.3, -0.25) is 4.79 Å². The highest BCUT2D eigenvalue weighted by Gasteiger charge is 2.20. The van der Waals surface area contributed by atoms with Gasteiger partial charge in [0.1, 0.15) is 0 Å². The van der Waals surface area contributed by atoms with E-state index in [-0.39, 0.29) is 5.91 Å². The summed E-state index contributed by atoms with van der Waals surface area (Å²) in [6.07, 6.45) is 2.98. The molecule has 0 saturated carbocycles. The minimum atomic E-state index is 0.234. The molecule has 1 N–H and O–H groups in total. The van der Waals surface area contributed by atoms with Crippen molar-refractivity contribution < 1.29 is 14.3 Å². The van der Waals surface area contributed by atoms with Crippen molar-refractivity contribution in [3.05, 3.63) is 0 Å². The lowest BCUT2D eigenvalue weighted by Gasteiger charge is -2.27. The molecular weight excluding hydrogens is 256 g/mol. The Kier molecular flexibility index (Phi) is 9.62. The summed E-state index contributed by atoms with van der Waals surface area (Å²) in [5.74, 6) is 0.719. The molecule has 1 fully saturated rings. The molecule has 1 saturated heterocycles. The zero-order valence-electron chi connectivity index (χ0n) is 13.0. The Bertz CT molecular complexity index is 246. The molecule has 1 heterocycles. The number of nitrogens with zero attached hydrogens (tertiary/aromatic N) is 1. The summed E-state index contributed by atoms with van der Waals surface area (Å²) in [6, 6.07) is 0. The Morgan fingerprint density at radius 3 is 2.35 bits per heavy atom. The minimum absolute atomic E-state index is 0.234. The predicted octanol–water partition coefficient (Wildman–Crippen LogP) is 1.28. The number of nitrogens with one attached hydrogen (secondary N) is 1. The minimum Gasteiger partial charge on any atom is -0.380 e. The summed E-state index contributed by atoms with van der Waals surface area (Å²) < 4.78 is 10.7. The number of carbonyl (C=O) groups is 1. The first-order valence-corrected chi connectivity index (χ1v) is 7.91. The van der Waals surface area contributed by atoms with Gasteiger partial charge in [0.05, 0.1) is 13.2 Å². The van der Waals surface area contributed by atoms with E-state index < -0.39 is 0 Å². The van der Waals surface area contributed by atoms with Gasteiger partial charge < -0.3 is 19.7 Å². The SMILES string of the molecule is CCOCCN(CCOCC)C(=O)CC1CCCNC1. The van der Waals surface area contributed by atoms with Crippen LogP contribution in [0.3, 0.4) is 0 Å². The average Bonchev–Trinajstić information content (AvgIpc) is 2.47. The molecule has 5 nitrogen and oxygen atoms in total. The van der Waals surface area contributed by atoms with E-state index in [0.717, 1.165) is 19.5 Å². The molecule has 0 spiro atoms. The molecule has 0 bridgehead atoms. The van der Waals surface area contributed by atoms with Crippen LogP contribution < -0.4 is 5.32 Å². The Labute approximate surface area is 123 Å². The van der Waals surface area contributed by atoms with Crippen LogP contribution in [-0.4, -0.2) is 63.4 Å². The fourth-order valence-corrected chi connectivity index (χ4v) is 2.47. The topological polar surface area (TPSA) is 50.8 Å². The van der Waals surface area contributed by atoms with Crippen molar-refractivity contribution in [1.82, 2.24) is 10.2 Å². The maximum absolute atomic E-state index is 12.4. The second-order valence-electron chi connectivity index (χ2n) is 5.19. The van der Waals surface area contributed by atoms with Crippen LogP contribution in [0.5, 0.6) is 0 Å². The van der Waals surface area contributed by atoms with Crippen LogP contribution in [0.15, 0.2) is 0 Å². The molecule has 0 aliphatic carbocycles. The summed E-state index contributed by atoms with van der Waals surface area (Å²) in [4.78, 5) is 14.3. The number of carbonyl (C=O) groups excluding carboxylic acids is 1. The van der Waals surface area contributed by atoms with Crippen molar-refractivity contribution in [2.24, 2.45) is 5.92 Å². The fourth-order valence-electron chi connectivity index (χ4n) is 2.47. The quantitative estimate of drug-likeness (QED) is 0.615. The van der Waals surface area contributed by atoms with Gasteiger partial charge in [0.25, 0.3) is 0 Å².